The predicted octanol–water partition coefficient (Wildman–Crippen LogP) is 2.04. The van der Waals surface area contributed by atoms with Crippen molar-refractivity contribution in [3.8, 4) is 0 Å². The molecule has 0 amide bonds. The van der Waals surface area contributed by atoms with Crippen LogP contribution in [-0.2, 0) is 34.2 Å². The summed E-state index contributed by atoms with van der Waals surface area (Å²) < 4.78 is 32.4. The molecular formula is C16H22O6S. The largest absolute Gasteiger partial charge is 0.454 e. The number of carbonyl (C=O) groups is 2. The molecule has 0 aliphatic carbocycles. The molecule has 6 nitrogen and oxygen atoms in total. The molecule has 0 bridgehead atoms. The van der Waals surface area contributed by atoms with Gasteiger partial charge in [-0.2, -0.15) is 8.42 Å². The van der Waals surface area contributed by atoms with E-state index in [1.807, 2.05) is 18.2 Å². The number of rotatable bonds is 7. The average molecular weight is 342 g/mol. The summed E-state index contributed by atoms with van der Waals surface area (Å²) in [7, 11) is -3.78. The minimum atomic E-state index is -3.78. The summed E-state index contributed by atoms with van der Waals surface area (Å²) in [5.74, 6) is -1.36. The Bertz CT molecular complexity index is 678. The van der Waals surface area contributed by atoms with Crippen LogP contribution in [0, 0.1) is 5.41 Å². The first-order valence-corrected chi connectivity index (χ1v) is 8.84. The normalized spacial score (nSPS) is 14.8. The van der Waals surface area contributed by atoms with Gasteiger partial charge in [0, 0.05) is 0 Å². The lowest BCUT2D eigenvalue weighted by atomic mass is 9.87. The summed E-state index contributed by atoms with van der Waals surface area (Å²) in [5.41, 5.74) is -1.92. The van der Waals surface area contributed by atoms with Gasteiger partial charge >= 0.3 is 5.97 Å². The Morgan fingerprint density at radius 3 is 2.04 bits per heavy atom. The molecule has 0 aliphatic rings. The summed E-state index contributed by atoms with van der Waals surface area (Å²) >= 11 is 0. The predicted molar refractivity (Wildman–Crippen MR) is 85.1 cm³/mol. The first kappa shape index (κ1) is 19.3. The van der Waals surface area contributed by atoms with Gasteiger partial charge < -0.3 is 4.74 Å². The number of hydrogen-bond donors (Lipinski definition) is 0. The van der Waals surface area contributed by atoms with E-state index in [0.29, 0.717) is 0 Å². The van der Waals surface area contributed by atoms with Gasteiger partial charge in [0.1, 0.15) is 16.8 Å². The molecule has 23 heavy (non-hydrogen) atoms. The van der Waals surface area contributed by atoms with Gasteiger partial charge in [-0.15, -0.1) is 0 Å². The fourth-order valence-corrected chi connectivity index (χ4v) is 2.22. The van der Waals surface area contributed by atoms with Crippen LogP contribution in [0.4, 0.5) is 0 Å². The van der Waals surface area contributed by atoms with E-state index in [1.54, 1.807) is 26.0 Å². The smallest absolute Gasteiger partial charge is 0.322 e. The highest BCUT2D eigenvalue weighted by atomic mass is 32.2. The third kappa shape index (κ3) is 5.14. The maximum Gasteiger partial charge on any atom is 0.322 e. The van der Waals surface area contributed by atoms with Crippen molar-refractivity contribution in [2.75, 3.05) is 12.9 Å². The van der Waals surface area contributed by atoms with Crippen LogP contribution in [0.15, 0.2) is 30.3 Å². The number of ketones is 1. The van der Waals surface area contributed by atoms with Gasteiger partial charge in [-0.1, -0.05) is 30.3 Å². The number of benzene rings is 1. The van der Waals surface area contributed by atoms with Gasteiger partial charge in [-0.3, -0.25) is 13.8 Å². The average Bonchev–Trinajstić information content (AvgIpc) is 2.44. The molecule has 1 aromatic carbocycles. The first-order chi connectivity index (χ1) is 10.4. The summed E-state index contributed by atoms with van der Waals surface area (Å²) in [6, 6.07) is 9.04. The zero-order valence-electron chi connectivity index (χ0n) is 14.0. The minimum absolute atomic E-state index is 0.532. The molecule has 0 saturated heterocycles. The van der Waals surface area contributed by atoms with Crippen LogP contribution in [0.2, 0.25) is 0 Å². The van der Waals surface area contributed by atoms with Crippen LogP contribution in [0.25, 0.3) is 0 Å². The van der Waals surface area contributed by atoms with Crippen LogP contribution in [0.3, 0.4) is 0 Å². The summed E-state index contributed by atoms with van der Waals surface area (Å²) in [5, 5.41) is 0. The van der Waals surface area contributed by atoms with Crippen LogP contribution < -0.4 is 0 Å². The number of Topliss-reactive ketones (excluding diaryl/α,β-unsaturated/α-hetero) is 1. The quantitative estimate of drug-likeness (QED) is 0.428. The number of hydrogen-bond acceptors (Lipinski definition) is 6. The molecule has 1 rings (SSSR count). The molecule has 0 heterocycles. The molecule has 128 valence electrons. The Morgan fingerprint density at radius 2 is 1.61 bits per heavy atom. The van der Waals surface area contributed by atoms with Gasteiger partial charge in [0.25, 0.3) is 10.1 Å². The van der Waals surface area contributed by atoms with E-state index in [2.05, 4.69) is 4.18 Å². The Hall–Kier alpha value is -1.73. The maximum atomic E-state index is 12.5. The molecule has 0 spiro atoms. The highest BCUT2D eigenvalue weighted by molar-refractivity contribution is 7.85. The zero-order valence-corrected chi connectivity index (χ0v) is 14.8. The van der Waals surface area contributed by atoms with Crippen molar-refractivity contribution in [3.63, 3.8) is 0 Å². The molecule has 0 fully saturated rings. The first-order valence-electron chi connectivity index (χ1n) is 7.03. The fourth-order valence-electron chi connectivity index (χ4n) is 1.77. The number of ether oxygens (including phenoxy) is 1. The Balaban J connectivity index is 3.01. The lowest BCUT2D eigenvalue weighted by molar-refractivity contribution is -0.173. The van der Waals surface area contributed by atoms with Crippen molar-refractivity contribution >= 4 is 21.9 Å². The zero-order chi connectivity index (χ0) is 17.9. The molecule has 1 aromatic rings. The van der Waals surface area contributed by atoms with Gasteiger partial charge in [0.05, 0.1) is 12.9 Å². The van der Waals surface area contributed by atoms with E-state index in [1.165, 1.54) is 13.8 Å². The lowest BCUT2D eigenvalue weighted by Gasteiger charge is -2.31. The third-order valence-corrected chi connectivity index (χ3v) is 4.15. The van der Waals surface area contributed by atoms with E-state index < -0.39 is 39.5 Å². The van der Waals surface area contributed by atoms with Crippen molar-refractivity contribution in [2.24, 2.45) is 5.41 Å². The summed E-state index contributed by atoms with van der Waals surface area (Å²) in [4.78, 5) is 24.4. The number of esters is 1. The van der Waals surface area contributed by atoms with Gasteiger partial charge in [0.2, 0.25) is 0 Å². The van der Waals surface area contributed by atoms with E-state index >= 15 is 0 Å². The molecule has 7 heteroatoms. The van der Waals surface area contributed by atoms with Crippen LogP contribution in [0.1, 0.15) is 33.3 Å². The van der Waals surface area contributed by atoms with E-state index in [0.717, 1.165) is 11.8 Å². The van der Waals surface area contributed by atoms with Crippen molar-refractivity contribution in [3.05, 3.63) is 35.9 Å². The molecule has 0 aliphatic heterocycles. The van der Waals surface area contributed by atoms with Crippen molar-refractivity contribution in [1.82, 2.24) is 0 Å². The molecule has 0 radical (unpaired) electrons. The van der Waals surface area contributed by atoms with Crippen LogP contribution in [0.5, 0.6) is 0 Å². The molecule has 1 atom stereocenters. The second-order valence-corrected chi connectivity index (χ2v) is 7.76. The molecule has 1 unspecified atom stereocenters. The third-order valence-electron chi connectivity index (χ3n) is 3.61. The van der Waals surface area contributed by atoms with Crippen LogP contribution >= 0.6 is 0 Å². The van der Waals surface area contributed by atoms with Crippen LogP contribution in [-0.4, -0.2) is 33.0 Å². The van der Waals surface area contributed by atoms with E-state index in [-0.39, 0.29) is 0 Å². The SMILES string of the molecule is CC(=O)C(C)(COS(C)(=O)=O)C(=O)OC(C)(C)c1ccccc1. The Kier molecular flexibility index (Phi) is 5.71. The highest BCUT2D eigenvalue weighted by Crippen LogP contribution is 2.30. The van der Waals surface area contributed by atoms with E-state index in [4.69, 9.17) is 4.74 Å². The summed E-state index contributed by atoms with van der Waals surface area (Å²) in [6.07, 6.45) is 0.854. The molecule has 0 aromatic heterocycles. The molecule has 0 saturated carbocycles. The van der Waals surface area contributed by atoms with Crippen molar-refractivity contribution in [1.29, 1.82) is 0 Å². The highest BCUT2D eigenvalue weighted by Gasteiger charge is 2.44. The minimum Gasteiger partial charge on any atom is -0.454 e. The van der Waals surface area contributed by atoms with Gasteiger partial charge in [0.15, 0.2) is 0 Å². The van der Waals surface area contributed by atoms with Gasteiger partial charge in [-0.25, -0.2) is 0 Å². The van der Waals surface area contributed by atoms with Gasteiger partial charge in [-0.05, 0) is 33.3 Å². The second-order valence-electron chi connectivity index (χ2n) is 6.12. The molecular weight excluding hydrogens is 320 g/mol. The lowest BCUT2D eigenvalue weighted by Crippen LogP contribution is -2.44. The monoisotopic (exact) mass is 342 g/mol. The second kappa shape index (κ2) is 6.80. The Labute approximate surface area is 136 Å². The summed E-state index contributed by atoms with van der Waals surface area (Å²) in [6.45, 7) is 5.30. The maximum absolute atomic E-state index is 12.5. The number of carbonyl (C=O) groups excluding carboxylic acids is 2. The standard InChI is InChI=1S/C16H22O6S/c1-12(17)16(4,11-21-23(5,19)20)14(18)22-15(2,3)13-9-7-6-8-10-13/h6-10H,11H2,1-5H3. The molecule has 0 N–H and O–H groups in total. The fraction of sp³-hybridized carbons (Fsp3) is 0.500. The topological polar surface area (TPSA) is 86.7 Å². The van der Waals surface area contributed by atoms with Crippen molar-refractivity contribution in [2.45, 2.75) is 33.3 Å². The Morgan fingerprint density at radius 1 is 1.09 bits per heavy atom. The van der Waals surface area contributed by atoms with E-state index in [9.17, 15) is 18.0 Å². The van der Waals surface area contributed by atoms with Crippen molar-refractivity contribution < 1.29 is 26.9 Å².